The van der Waals surface area contributed by atoms with E-state index in [4.69, 9.17) is 0 Å². The standard InChI is InChI=1S/C14H16N4OS2/c1-9(2)7-15-12(19)8-20-13-16-17-14-18(13)10-5-3-4-6-11(10)21-14/h3-6,9H,7-8H2,1-2H3,(H,15,19). The number of carbonyl (C=O) groups is 1. The minimum Gasteiger partial charge on any atom is -0.355 e. The van der Waals surface area contributed by atoms with Gasteiger partial charge in [-0.15, -0.1) is 10.2 Å². The molecule has 0 aliphatic carbocycles. The largest absolute Gasteiger partial charge is 0.355 e. The number of thioether (sulfide) groups is 1. The number of para-hydroxylation sites is 1. The SMILES string of the molecule is CC(C)CNC(=O)CSc1nnc2sc3ccccc3n12. The van der Waals surface area contributed by atoms with Crippen molar-refractivity contribution in [2.24, 2.45) is 5.92 Å². The third-order valence-corrected chi connectivity index (χ3v) is 4.89. The zero-order valence-corrected chi connectivity index (χ0v) is 13.5. The lowest BCUT2D eigenvalue weighted by Gasteiger charge is -2.06. The van der Waals surface area contributed by atoms with Crippen LogP contribution in [0.15, 0.2) is 29.4 Å². The molecule has 1 N–H and O–H groups in total. The number of benzene rings is 1. The molecule has 1 aromatic carbocycles. The molecule has 0 unspecified atom stereocenters. The fourth-order valence-electron chi connectivity index (χ4n) is 1.95. The molecule has 110 valence electrons. The summed E-state index contributed by atoms with van der Waals surface area (Å²) >= 11 is 3.03. The Morgan fingerprint density at radius 3 is 3.00 bits per heavy atom. The first-order valence-corrected chi connectivity index (χ1v) is 8.57. The maximum atomic E-state index is 11.8. The van der Waals surface area contributed by atoms with Crippen LogP contribution in [0.2, 0.25) is 0 Å². The predicted octanol–water partition coefficient (Wildman–Crippen LogP) is 2.81. The molecule has 0 fully saturated rings. The summed E-state index contributed by atoms with van der Waals surface area (Å²) in [5.41, 5.74) is 1.09. The first kappa shape index (κ1) is 14.3. The topological polar surface area (TPSA) is 59.3 Å². The Kier molecular flexibility index (Phi) is 4.12. The van der Waals surface area contributed by atoms with Crippen molar-refractivity contribution in [1.29, 1.82) is 0 Å². The average Bonchev–Trinajstić information content (AvgIpc) is 3.02. The van der Waals surface area contributed by atoms with Crippen LogP contribution in [0.5, 0.6) is 0 Å². The number of amides is 1. The van der Waals surface area contributed by atoms with Gasteiger partial charge in [0, 0.05) is 6.54 Å². The minimum absolute atomic E-state index is 0.0324. The molecule has 0 saturated carbocycles. The van der Waals surface area contributed by atoms with E-state index in [2.05, 4.69) is 35.4 Å². The summed E-state index contributed by atoms with van der Waals surface area (Å²) in [6, 6.07) is 8.12. The van der Waals surface area contributed by atoms with Crippen molar-refractivity contribution >= 4 is 44.2 Å². The molecule has 0 aliphatic rings. The van der Waals surface area contributed by atoms with E-state index in [-0.39, 0.29) is 5.91 Å². The maximum absolute atomic E-state index is 11.8. The highest BCUT2D eigenvalue weighted by Crippen LogP contribution is 2.29. The van der Waals surface area contributed by atoms with Gasteiger partial charge in [0.05, 0.1) is 16.0 Å². The van der Waals surface area contributed by atoms with E-state index in [1.165, 1.54) is 16.5 Å². The number of fused-ring (bicyclic) bond motifs is 3. The molecule has 7 heteroatoms. The van der Waals surface area contributed by atoms with Crippen LogP contribution in [-0.2, 0) is 4.79 Å². The quantitative estimate of drug-likeness (QED) is 0.734. The van der Waals surface area contributed by atoms with Crippen molar-refractivity contribution in [3.8, 4) is 0 Å². The van der Waals surface area contributed by atoms with Crippen LogP contribution in [0.1, 0.15) is 13.8 Å². The smallest absolute Gasteiger partial charge is 0.230 e. The molecule has 0 spiro atoms. The Hall–Kier alpha value is -1.60. The van der Waals surface area contributed by atoms with Crippen LogP contribution < -0.4 is 5.32 Å². The summed E-state index contributed by atoms with van der Waals surface area (Å²) in [7, 11) is 0. The molecule has 3 aromatic rings. The second-order valence-electron chi connectivity index (χ2n) is 5.16. The fourth-order valence-corrected chi connectivity index (χ4v) is 3.75. The molecule has 0 radical (unpaired) electrons. The summed E-state index contributed by atoms with van der Waals surface area (Å²) < 4.78 is 3.19. The number of hydrogen-bond acceptors (Lipinski definition) is 5. The molecule has 3 rings (SSSR count). The van der Waals surface area contributed by atoms with Gasteiger partial charge < -0.3 is 5.32 Å². The van der Waals surface area contributed by atoms with E-state index < -0.39 is 0 Å². The maximum Gasteiger partial charge on any atom is 0.230 e. The molecule has 21 heavy (non-hydrogen) atoms. The second kappa shape index (κ2) is 6.03. The molecule has 0 aliphatic heterocycles. The van der Waals surface area contributed by atoms with Gasteiger partial charge in [-0.25, -0.2) is 0 Å². The third kappa shape index (κ3) is 3.03. The van der Waals surface area contributed by atoms with Crippen molar-refractivity contribution in [2.45, 2.75) is 19.0 Å². The summed E-state index contributed by atoms with van der Waals surface area (Å²) in [5, 5.41) is 12.0. The Bertz CT molecular complexity index is 778. The predicted molar refractivity (Wildman–Crippen MR) is 86.9 cm³/mol. The lowest BCUT2D eigenvalue weighted by molar-refractivity contribution is -0.118. The third-order valence-electron chi connectivity index (χ3n) is 2.95. The Morgan fingerprint density at radius 2 is 2.19 bits per heavy atom. The Labute approximate surface area is 130 Å². The minimum atomic E-state index is 0.0324. The number of hydrogen-bond donors (Lipinski definition) is 1. The molecule has 0 saturated heterocycles. The lowest BCUT2D eigenvalue weighted by atomic mass is 10.2. The van der Waals surface area contributed by atoms with Gasteiger partial charge in [-0.2, -0.15) is 0 Å². The van der Waals surface area contributed by atoms with Gasteiger partial charge in [-0.05, 0) is 18.1 Å². The Morgan fingerprint density at radius 1 is 1.38 bits per heavy atom. The van der Waals surface area contributed by atoms with Crippen molar-refractivity contribution in [3.05, 3.63) is 24.3 Å². The summed E-state index contributed by atoms with van der Waals surface area (Å²) in [5.74, 6) is 0.849. The van der Waals surface area contributed by atoms with E-state index in [1.54, 1.807) is 11.3 Å². The summed E-state index contributed by atoms with van der Waals surface area (Å²) in [6.07, 6.45) is 0. The zero-order valence-electron chi connectivity index (χ0n) is 11.9. The molecule has 0 atom stereocenters. The number of nitrogens with zero attached hydrogens (tertiary/aromatic N) is 3. The highest BCUT2D eigenvalue weighted by atomic mass is 32.2. The highest BCUT2D eigenvalue weighted by Gasteiger charge is 2.13. The molecule has 2 heterocycles. The van der Waals surface area contributed by atoms with Crippen molar-refractivity contribution in [3.63, 3.8) is 0 Å². The van der Waals surface area contributed by atoms with Gasteiger partial charge >= 0.3 is 0 Å². The molecular weight excluding hydrogens is 304 g/mol. The van der Waals surface area contributed by atoms with Gasteiger partial charge in [0.1, 0.15) is 0 Å². The first-order chi connectivity index (χ1) is 10.1. The highest BCUT2D eigenvalue weighted by molar-refractivity contribution is 7.99. The van der Waals surface area contributed by atoms with Crippen LogP contribution in [0.25, 0.3) is 15.2 Å². The van der Waals surface area contributed by atoms with Gasteiger partial charge in [-0.3, -0.25) is 9.20 Å². The summed E-state index contributed by atoms with van der Waals surface area (Å²) in [4.78, 5) is 12.7. The number of nitrogens with one attached hydrogen (secondary N) is 1. The van der Waals surface area contributed by atoms with Crippen LogP contribution in [-0.4, -0.2) is 32.8 Å². The second-order valence-corrected chi connectivity index (χ2v) is 7.11. The van der Waals surface area contributed by atoms with E-state index >= 15 is 0 Å². The lowest BCUT2D eigenvalue weighted by Crippen LogP contribution is -2.28. The van der Waals surface area contributed by atoms with Crippen LogP contribution >= 0.6 is 23.1 Å². The van der Waals surface area contributed by atoms with Crippen LogP contribution in [0.4, 0.5) is 0 Å². The zero-order chi connectivity index (χ0) is 14.8. The average molecular weight is 320 g/mol. The van der Waals surface area contributed by atoms with Gasteiger partial charge in [0.2, 0.25) is 10.9 Å². The van der Waals surface area contributed by atoms with E-state index in [9.17, 15) is 4.79 Å². The van der Waals surface area contributed by atoms with Gasteiger partial charge in [0.15, 0.2) is 5.16 Å². The van der Waals surface area contributed by atoms with Crippen LogP contribution in [0, 0.1) is 5.92 Å². The van der Waals surface area contributed by atoms with Crippen LogP contribution in [0.3, 0.4) is 0 Å². The van der Waals surface area contributed by atoms with E-state index in [1.807, 2.05) is 22.6 Å². The number of rotatable bonds is 5. The first-order valence-electron chi connectivity index (χ1n) is 6.77. The Balaban J connectivity index is 1.77. The van der Waals surface area contributed by atoms with Crippen molar-refractivity contribution in [1.82, 2.24) is 19.9 Å². The van der Waals surface area contributed by atoms with Gasteiger partial charge in [0.25, 0.3) is 0 Å². The van der Waals surface area contributed by atoms with E-state index in [0.29, 0.717) is 18.2 Å². The van der Waals surface area contributed by atoms with Crippen molar-refractivity contribution < 1.29 is 4.79 Å². The van der Waals surface area contributed by atoms with Gasteiger partial charge in [-0.1, -0.05) is 49.1 Å². The number of thiazole rings is 1. The molecule has 2 aromatic heterocycles. The fraction of sp³-hybridized carbons (Fsp3) is 0.357. The number of aromatic nitrogens is 3. The molecule has 0 bridgehead atoms. The monoisotopic (exact) mass is 320 g/mol. The summed E-state index contributed by atoms with van der Waals surface area (Å²) in [6.45, 7) is 4.86. The number of carbonyl (C=O) groups excluding carboxylic acids is 1. The molecule has 5 nitrogen and oxygen atoms in total. The molecular formula is C14H16N4OS2. The van der Waals surface area contributed by atoms with E-state index in [0.717, 1.165) is 15.6 Å². The normalized spacial score (nSPS) is 11.6. The molecule has 1 amide bonds. The van der Waals surface area contributed by atoms with Crippen molar-refractivity contribution in [2.75, 3.05) is 12.3 Å².